The van der Waals surface area contributed by atoms with Crippen LogP contribution >= 0.6 is 11.8 Å². The smallest absolute Gasteiger partial charge is 0.233 e. The quantitative estimate of drug-likeness (QED) is 0.522. The van der Waals surface area contributed by atoms with Gasteiger partial charge in [-0.25, -0.2) is 4.39 Å². The number of amides is 1. The van der Waals surface area contributed by atoms with Gasteiger partial charge >= 0.3 is 0 Å². The minimum Gasteiger partial charge on any atom is -0.341 e. The highest BCUT2D eigenvalue weighted by molar-refractivity contribution is 7.99. The molecule has 1 aromatic heterocycles. The van der Waals surface area contributed by atoms with Crippen LogP contribution in [-0.4, -0.2) is 44.4 Å². The molecular formula is C24H27FN4OS. The number of halogens is 1. The summed E-state index contributed by atoms with van der Waals surface area (Å²) in [6.07, 6.45) is 1.16. The lowest BCUT2D eigenvalue weighted by molar-refractivity contribution is -0.130. The largest absolute Gasteiger partial charge is 0.341 e. The summed E-state index contributed by atoms with van der Waals surface area (Å²) in [5.41, 5.74) is 1.47. The van der Waals surface area contributed by atoms with Crippen LogP contribution in [0.15, 0.2) is 59.8 Å². The maximum atomic E-state index is 14.5. The molecule has 1 aliphatic rings. The number of thioether (sulfide) groups is 1. The molecule has 0 N–H and O–H groups in total. The first kappa shape index (κ1) is 21.6. The molecule has 1 aliphatic heterocycles. The maximum absolute atomic E-state index is 14.5. The van der Waals surface area contributed by atoms with Crippen molar-refractivity contribution in [2.75, 3.05) is 18.8 Å². The highest BCUT2D eigenvalue weighted by Gasteiger charge is 2.26. The van der Waals surface area contributed by atoms with Gasteiger partial charge in [-0.2, -0.15) is 0 Å². The standard InChI is InChI=1S/C24H27FN4OS/c1-17-12-18(2)14-28(13-17)22(30)16-31-24-27-26-23(20-10-6-7-11-21(20)25)29(24)15-19-8-4-3-5-9-19/h3-11,17-18H,12-16H2,1-2H3. The van der Waals surface area contributed by atoms with Crippen molar-refractivity contribution in [3.63, 3.8) is 0 Å². The van der Waals surface area contributed by atoms with E-state index in [0.717, 1.165) is 25.1 Å². The Balaban J connectivity index is 1.57. The van der Waals surface area contributed by atoms with Crippen molar-refractivity contribution in [1.29, 1.82) is 0 Å². The van der Waals surface area contributed by atoms with Gasteiger partial charge in [0.2, 0.25) is 5.91 Å². The van der Waals surface area contributed by atoms with Crippen LogP contribution in [0, 0.1) is 17.7 Å². The molecule has 2 unspecified atom stereocenters. The normalized spacial score (nSPS) is 18.9. The number of rotatable bonds is 6. The van der Waals surface area contributed by atoms with Crippen molar-refractivity contribution in [1.82, 2.24) is 19.7 Å². The number of carbonyl (C=O) groups is 1. The first-order valence-corrected chi connectivity index (χ1v) is 11.6. The van der Waals surface area contributed by atoms with Crippen molar-refractivity contribution in [2.24, 2.45) is 11.8 Å². The number of likely N-dealkylation sites (tertiary alicyclic amines) is 1. The zero-order valence-electron chi connectivity index (χ0n) is 17.9. The van der Waals surface area contributed by atoms with Crippen molar-refractivity contribution < 1.29 is 9.18 Å². The van der Waals surface area contributed by atoms with E-state index >= 15 is 0 Å². The predicted octanol–water partition coefficient (Wildman–Crippen LogP) is 4.73. The molecule has 3 aromatic rings. The molecule has 0 saturated carbocycles. The minimum absolute atomic E-state index is 0.116. The molecule has 0 bridgehead atoms. The van der Waals surface area contributed by atoms with E-state index in [2.05, 4.69) is 24.0 Å². The SMILES string of the molecule is CC1CC(C)CN(C(=O)CSc2nnc(-c3ccccc3F)n2Cc2ccccc2)C1. The lowest BCUT2D eigenvalue weighted by atomic mass is 9.92. The number of hydrogen-bond acceptors (Lipinski definition) is 4. The molecule has 0 radical (unpaired) electrons. The predicted molar refractivity (Wildman–Crippen MR) is 121 cm³/mol. The van der Waals surface area contributed by atoms with E-state index in [1.165, 1.54) is 17.8 Å². The topological polar surface area (TPSA) is 51.0 Å². The molecule has 2 atom stereocenters. The molecule has 2 aromatic carbocycles. The van der Waals surface area contributed by atoms with Gasteiger partial charge in [0.1, 0.15) is 5.82 Å². The van der Waals surface area contributed by atoms with Gasteiger partial charge in [-0.1, -0.05) is 68.1 Å². The van der Waals surface area contributed by atoms with E-state index in [-0.39, 0.29) is 11.7 Å². The average Bonchev–Trinajstić information content (AvgIpc) is 3.14. The van der Waals surface area contributed by atoms with Gasteiger partial charge < -0.3 is 4.90 Å². The van der Waals surface area contributed by atoms with Crippen LogP contribution in [0.4, 0.5) is 4.39 Å². The molecule has 7 heteroatoms. The molecule has 2 heterocycles. The third-order valence-electron chi connectivity index (χ3n) is 5.56. The van der Waals surface area contributed by atoms with Crippen LogP contribution in [0.5, 0.6) is 0 Å². The molecule has 0 aliphatic carbocycles. The Labute approximate surface area is 186 Å². The van der Waals surface area contributed by atoms with Crippen LogP contribution in [0.3, 0.4) is 0 Å². The maximum Gasteiger partial charge on any atom is 0.233 e. The Bertz CT molecular complexity index is 1030. The minimum atomic E-state index is -0.340. The van der Waals surface area contributed by atoms with Crippen LogP contribution in [0.25, 0.3) is 11.4 Å². The van der Waals surface area contributed by atoms with Gasteiger partial charge in [0.25, 0.3) is 0 Å². The van der Waals surface area contributed by atoms with Crippen molar-refractivity contribution in [3.05, 3.63) is 66.0 Å². The van der Waals surface area contributed by atoms with E-state index in [1.807, 2.05) is 39.8 Å². The van der Waals surface area contributed by atoms with Gasteiger partial charge in [-0.05, 0) is 36.0 Å². The van der Waals surface area contributed by atoms with Crippen LogP contribution in [0.2, 0.25) is 0 Å². The summed E-state index contributed by atoms with van der Waals surface area (Å²) in [4.78, 5) is 14.8. The Hall–Kier alpha value is -2.67. The molecule has 5 nitrogen and oxygen atoms in total. The van der Waals surface area contributed by atoms with Crippen molar-refractivity contribution in [2.45, 2.75) is 32.0 Å². The number of aromatic nitrogens is 3. The first-order chi connectivity index (χ1) is 15.0. The Morgan fingerprint density at radius 3 is 2.42 bits per heavy atom. The highest BCUT2D eigenvalue weighted by atomic mass is 32.2. The van der Waals surface area contributed by atoms with Crippen molar-refractivity contribution in [3.8, 4) is 11.4 Å². The summed E-state index contributed by atoms with van der Waals surface area (Å²) in [5, 5.41) is 9.22. The molecule has 31 heavy (non-hydrogen) atoms. The van der Waals surface area contributed by atoms with E-state index in [0.29, 0.717) is 40.7 Å². The lowest BCUT2D eigenvalue weighted by Gasteiger charge is -2.35. The molecule has 4 rings (SSSR count). The number of carbonyl (C=O) groups excluding carboxylic acids is 1. The molecule has 162 valence electrons. The van der Waals surface area contributed by atoms with E-state index in [4.69, 9.17) is 0 Å². The summed E-state index contributed by atoms with van der Waals surface area (Å²) >= 11 is 1.37. The Kier molecular flexibility index (Phi) is 6.70. The van der Waals surface area contributed by atoms with E-state index < -0.39 is 0 Å². The second-order valence-corrected chi connectivity index (χ2v) is 9.33. The van der Waals surface area contributed by atoms with E-state index in [9.17, 15) is 9.18 Å². The third kappa shape index (κ3) is 5.15. The Morgan fingerprint density at radius 2 is 1.71 bits per heavy atom. The summed E-state index contributed by atoms with van der Waals surface area (Å²) in [6.45, 7) is 6.51. The van der Waals surface area contributed by atoms with Crippen LogP contribution in [0.1, 0.15) is 25.8 Å². The Morgan fingerprint density at radius 1 is 1.03 bits per heavy atom. The fourth-order valence-corrected chi connectivity index (χ4v) is 5.07. The molecule has 1 saturated heterocycles. The van der Waals surface area contributed by atoms with Gasteiger partial charge in [0.15, 0.2) is 11.0 Å². The van der Waals surface area contributed by atoms with Gasteiger partial charge in [0.05, 0.1) is 17.9 Å². The van der Waals surface area contributed by atoms with Crippen LogP contribution in [-0.2, 0) is 11.3 Å². The van der Waals surface area contributed by atoms with Gasteiger partial charge in [-0.15, -0.1) is 10.2 Å². The first-order valence-electron chi connectivity index (χ1n) is 10.6. The third-order valence-corrected chi connectivity index (χ3v) is 6.51. The molecule has 0 spiro atoms. The molecule has 1 amide bonds. The van der Waals surface area contributed by atoms with Gasteiger partial charge in [0, 0.05) is 13.1 Å². The second kappa shape index (κ2) is 9.64. The number of hydrogen-bond donors (Lipinski definition) is 0. The van der Waals surface area contributed by atoms with Crippen molar-refractivity contribution >= 4 is 17.7 Å². The number of nitrogens with zero attached hydrogens (tertiary/aromatic N) is 4. The fourth-order valence-electron chi connectivity index (χ4n) is 4.23. The zero-order valence-corrected chi connectivity index (χ0v) is 18.7. The van der Waals surface area contributed by atoms with Crippen LogP contribution < -0.4 is 0 Å². The molecule has 1 fully saturated rings. The molecular weight excluding hydrogens is 411 g/mol. The van der Waals surface area contributed by atoms with E-state index in [1.54, 1.807) is 18.2 Å². The zero-order chi connectivity index (χ0) is 21.8. The number of piperidine rings is 1. The summed E-state index contributed by atoms with van der Waals surface area (Å²) in [6, 6.07) is 16.5. The summed E-state index contributed by atoms with van der Waals surface area (Å²) < 4.78 is 16.4. The fraction of sp³-hybridized carbons (Fsp3) is 0.375. The van der Waals surface area contributed by atoms with Gasteiger partial charge in [-0.3, -0.25) is 9.36 Å². The highest BCUT2D eigenvalue weighted by Crippen LogP contribution is 2.28. The number of benzene rings is 2. The lowest BCUT2D eigenvalue weighted by Crippen LogP contribution is -2.43. The average molecular weight is 439 g/mol. The second-order valence-electron chi connectivity index (χ2n) is 8.39. The summed E-state index contributed by atoms with van der Waals surface area (Å²) in [5.74, 6) is 1.58. The summed E-state index contributed by atoms with van der Waals surface area (Å²) in [7, 11) is 0. The monoisotopic (exact) mass is 438 g/mol.